The van der Waals surface area contributed by atoms with Crippen molar-refractivity contribution >= 4 is 33.7 Å². The maximum Gasteiger partial charge on any atom is 0.319 e. The number of piperidine rings is 3. The summed E-state index contributed by atoms with van der Waals surface area (Å²) in [7, 11) is 6.76. The van der Waals surface area contributed by atoms with Crippen molar-refractivity contribution < 1.29 is 28.9 Å². The number of H-pyrrole nitrogens is 2. The number of carbonyl (C=O) groups excluding carboxylic acids is 2. The van der Waals surface area contributed by atoms with E-state index in [1.165, 1.54) is 12.7 Å². The van der Waals surface area contributed by atoms with Gasteiger partial charge in [-0.3, -0.25) is 19.4 Å². The summed E-state index contributed by atoms with van der Waals surface area (Å²) in [4.78, 5) is 41.4. The van der Waals surface area contributed by atoms with E-state index in [1.807, 2.05) is 6.92 Å². The molecule has 3 saturated heterocycles. The Kier molecular flexibility index (Phi) is 8.56. The van der Waals surface area contributed by atoms with Gasteiger partial charge in [-0.2, -0.15) is 0 Å². The Morgan fingerprint density at radius 1 is 1.02 bits per heavy atom. The number of para-hydroxylation sites is 1. The molecule has 4 aliphatic heterocycles. The Bertz CT molecular complexity index is 2190. The van der Waals surface area contributed by atoms with Gasteiger partial charge in [-0.05, 0) is 87.2 Å². The third-order valence-corrected chi connectivity index (χ3v) is 14.8. The topological polar surface area (TPSA) is 120 Å². The van der Waals surface area contributed by atoms with E-state index in [0.717, 1.165) is 94.4 Å². The lowest BCUT2D eigenvalue weighted by Crippen LogP contribution is -2.67. The zero-order valence-electron chi connectivity index (χ0n) is 32.5. The first kappa shape index (κ1) is 35.6. The van der Waals surface area contributed by atoms with Gasteiger partial charge < -0.3 is 29.3 Å². The Morgan fingerprint density at radius 3 is 2.54 bits per heavy atom. The summed E-state index contributed by atoms with van der Waals surface area (Å²) in [6, 6.07) is 12.4. The molecule has 10 heteroatoms. The number of aromatic nitrogens is 2. The minimum Gasteiger partial charge on any atom is -0.496 e. The Morgan fingerprint density at radius 2 is 1.81 bits per heavy atom. The smallest absolute Gasteiger partial charge is 0.319 e. The second-order valence-electron chi connectivity index (χ2n) is 16.8. The minimum absolute atomic E-state index is 0.0694. The number of aliphatic hydroxyl groups excluding tert-OH is 1. The number of aromatic amines is 2. The van der Waals surface area contributed by atoms with Crippen LogP contribution in [0.1, 0.15) is 73.5 Å². The molecule has 6 heterocycles. The molecule has 9 atom stereocenters. The van der Waals surface area contributed by atoms with Crippen LogP contribution in [-0.2, 0) is 37.3 Å². The van der Waals surface area contributed by atoms with Crippen LogP contribution < -0.4 is 4.74 Å². The standard InChI is InChI=1S/C44H54N4O6/c1-7-25-17-24-20-43(41(50)53-5)39-29(15-16-48(21-24)40(25)43)28-13-14-34(52-4)36(38(28)46-39)31-18-32-26(8-2)22-47(3)35(44(32,23-49)42(51)54-6)19-30-27-11-9-10-12-33(27)45-37(30)31/h8-14,24-25,31-32,35,40,45-46,49H,7,15-23H2,1-6H3/b26-8-/t24-,25+,31?,32-,35+,40+,43?,44-/m1/s1. The first-order valence-electron chi connectivity index (χ1n) is 19.9. The van der Waals surface area contributed by atoms with E-state index >= 15 is 0 Å². The van der Waals surface area contributed by atoms with E-state index in [0.29, 0.717) is 31.2 Å². The molecule has 2 aromatic carbocycles. The minimum atomic E-state index is -1.19. The lowest BCUT2D eigenvalue weighted by molar-refractivity contribution is -0.169. The van der Waals surface area contributed by atoms with Crippen molar-refractivity contribution in [3.05, 3.63) is 76.1 Å². The van der Waals surface area contributed by atoms with Crippen molar-refractivity contribution in [1.82, 2.24) is 19.8 Å². The average Bonchev–Trinajstić information content (AvgIpc) is 3.73. The molecule has 6 bridgehead atoms. The summed E-state index contributed by atoms with van der Waals surface area (Å²) >= 11 is 0. The highest BCUT2D eigenvalue weighted by Crippen LogP contribution is 2.58. The summed E-state index contributed by atoms with van der Waals surface area (Å²) in [6.45, 7) is 6.58. The normalized spacial score (nSPS) is 33.8. The summed E-state index contributed by atoms with van der Waals surface area (Å²) in [5, 5.41) is 13.7. The molecule has 10 nitrogen and oxygen atoms in total. The number of likely N-dealkylation sites (tertiary alicyclic amines) is 1. The lowest BCUT2D eigenvalue weighted by atomic mass is 9.56. The summed E-state index contributed by atoms with van der Waals surface area (Å²) in [6.07, 6.45) is 6.99. The van der Waals surface area contributed by atoms with Crippen LogP contribution in [0.25, 0.3) is 21.8 Å². The van der Waals surface area contributed by atoms with E-state index < -0.39 is 10.8 Å². The summed E-state index contributed by atoms with van der Waals surface area (Å²) < 4.78 is 17.7. The van der Waals surface area contributed by atoms with Crippen LogP contribution in [0, 0.1) is 23.2 Å². The van der Waals surface area contributed by atoms with Crippen molar-refractivity contribution in [2.45, 2.75) is 75.8 Å². The first-order chi connectivity index (χ1) is 26.2. The fourth-order valence-corrected chi connectivity index (χ4v) is 12.7. The molecule has 2 aliphatic carbocycles. The number of hydrogen-bond donors (Lipinski definition) is 3. The molecule has 3 unspecified atom stereocenters. The molecule has 1 saturated carbocycles. The van der Waals surface area contributed by atoms with Gasteiger partial charge in [0, 0.05) is 76.8 Å². The van der Waals surface area contributed by atoms with E-state index in [2.05, 4.69) is 76.2 Å². The number of aliphatic hydroxyl groups is 1. The highest BCUT2D eigenvalue weighted by atomic mass is 16.5. The highest BCUT2D eigenvalue weighted by molar-refractivity contribution is 5.95. The number of ether oxygens (including phenoxy) is 3. The number of hydrogen-bond acceptors (Lipinski definition) is 8. The van der Waals surface area contributed by atoms with Crippen molar-refractivity contribution in [2.24, 2.45) is 23.2 Å². The number of fused-ring (bicyclic) bond motifs is 9. The van der Waals surface area contributed by atoms with Gasteiger partial charge >= 0.3 is 11.9 Å². The van der Waals surface area contributed by atoms with Crippen LogP contribution >= 0.6 is 0 Å². The SMILES string of the molecule is C/C=C1/CN(C)[C@H]2Cc3c([nH]c4ccccc34)C(c3c(OC)ccc4c5c([nH]c34)C3(C(=O)OC)C[C@H]4C[C@H](CC)[C@@H]3N(CC5)C4)C[C@H]1[C@@]2(CO)C(=O)OC. The molecule has 286 valence electrons. The molecule has 10 rings (SSSR count). The second-order valence-corrected chi connectivity index (χ2v) is 16.8. The lowest BCUT2D eigenvalue weighted by Gasteiger charge is -2.57. The quantitative estimate of drug-likeness (QED) is 0.167. The number of nitrogens with one attached hydrogen (secondary N) is 2. The maximum atomic E-state index is 14.4. The van der Waals surface area contributed by atoms with Crippen molar-refractivity contribution in [1.29, 1.82) is 0 Å². The monoisotopic (exact) mass is 734 g/mol. The van der Waals surface area contributed by atoms with Crippen LogP contribution in [0.2, 0.25) is 0 Å². The third kappa shape index (κ3) is 4.62. The Labute approximate surface area is 317 Å². The third-order valence-electron chi connectivity index (χ3n) is 14.8. The van der Waals surface area contributed by atoms with Crippen LogP contribution in [0.5, 0.6) is 5.75 Å². The second kappa shape index (κ2) is 13.0. The number of nitrogens with zero attached hydrogens (tertiary/aromatic N) is 2. The highest BCUT2D eigenvalue weighted by Gasteiger charge is 2.63. The molecule has 2 aromatic heterocycles. The molecule has 0 spiro atoms. The van der Waals surface area contributed by atoms with E-state index in [1.54, 1.807) is 14.2 Å². The number of likely N-dealkylation sites (N-methyl/N-ethyl adjacent to an activating group) is 1. The zero-order valence-corrected chi connectivity index (χ0v) is 32.5. The van der Waals surface area contributed by atoms with Gasteiger partial charge in [0.1, 0.15) is 16.6 Å². The zero-order chi connectivity index (χ0) is 37.7. The molecule has 0 radical (unpaired) electrons. The number of carbonyl (C=O) groups is 2. The predicted octanol–water partition coefficient (Wildman–Crippen LogP) is 5.85. The Balaban J connectivity index is 1.34. The fourth-order valence-electron chi connectivity index (χ4n) is 12.7. The largest absolute Gasteiger partial charge is 0.496 e. The van der Waals surface area contributed by atoms with Crippen LogP contribution in [-0.4, -0.2) is 104 Å². The molecule has 3 N–H and O–H groups in total. The number of esters is 2. The van der Waals surface area contributed by atoms with Gasteiger partial charge in [0.15, 0.2) is 0 Å². The first-order valence-corrected chi connectivity index (χ1v) is 19.9. The summed E-state index contributed by atoms with van der Waals surface area (Å²) in [5.41, 5.74) is 6.57. The average molecular weight is 735 g/mol. The molecule has 4 aromatic rings. The van der Waals surface area contributed by atoms with Crippen LogP contribution in [0.15, 0.2) is 48.0 Å². The molecular formula is C44H54N4O6. The van der Waals surface area contributed by atoms with Crippen molar-refractivity contribution in [3.8, 4) is 5.75 Å². The van der Waals surface area contributed by atoms with Gasteiger partial charge in [0.05, 0.1) is 33.5 Å². The molecular weight excluding hydrogens is 681 g/mol. The fraction of sp³-hybridized carbons (Fsp3) is 0.545. The molecule has 54 heavy (non-hydrogen) atoms. The van der Waals surface area contributed by atoms with Gasteiger partial charge in [0.2, 0.25) is 0 Å². The number of benzene rings is 2. The number of methoxy groups -OCH3 is 3. The number of allylic oxidation sites excluding steroid dienone is 1. The van der Waals surface area contributed by atoms with E-state index in [4.69, 9.17) is 14.2 Å². The molecule has 0 amide bonds. The van der Waals surface area contributed by atoms with Gasteiger partial charge in [-0.1, -0.05) is 43.2 Å². The number of rotatable bonds is 6. The van der Waals surface area contributed by atoms with Gasteiger partial charge in [0.25, 0.3) is 0 Å². The molecule has 4 fully saturated rings. The van der Waals surface area contributed by atoms with Crippen molar-refractivity contribution in [2.75, 3.05) is 54.6 Å². The van der Waals surface area contributed by atoms with E-state index in [9.17, 15) is 14.7 Å². The molecule has 6 aliphatic rings. The van der Waals surface area contributed by atoms with Crippen LogP contribution in [0.4, 0.5) is 0 Å². The summed E-state index contributed by atoms with van der Waals surface area (Å²) in [5.74, 6) is 0.479. The van der Waals surface area contributed by atoms with Gasteiger partial charge in [-0.15, -0.1) is 0 Å². The Hall–Kier alpha value is -4.12. The van der Waals surface area contributed by atoms with Gasteiger partial charge in [-0.25, -0.2) is 0 Å². The van der Waals surface area contributed by atoms with E-state index in [-0.39, 0.29) is 42.5 Å². The maximum absolute atomic E-state index is 14.4. The predicted molar refractivity (Wildman–Crippen MR) is 208 cm³/mol. The van der Waals surface area contributed by atoms with Crippen LogP contribution in [0.3, 0.4) is 0 Å². The van der Waals surface area contributed by atoms with Crippen molar-refractivity contribution in [3.63, 3.8) is 0 Å².